The first-order chi connectivity index (χ1) is 15.6. The molecule has 162 valence electrons. The van der Waals surface area contributed by atoms with E-state index in [4.69, 9.17) is 21.1 Å². The van der Waals surface area contributed by atoms with Gasteiger partial charge in [-0.05, 0) is 48.0 Å². The lowest BCUT2D eigenvalue weighted by Crippen LogP contribution is -2.31. The van der Waals surface area contributed by atoms with Gasteiger partial charge < -0.3 is 9.47 Å². The third-order valence-electron chi connectivity index (χ3n) is 5.23. The molecule has 0 fully saturated rings. The van der Waals surface area contributed by atoms with Crippen LogP contribution < -0.4 is 9.47 Å². The van der Waals surface area contributed by atoms with Crippen LogP contribution in [0.15, 0.2) is 77.9 Å². The number of carbonyl (C=O) groups excluding carboxylic acids is 2. The highest BCUT2D eigenvalue weighted by Gasteiger charge is 2.33. The van der Waals surface area contributed by atoms with Gasteiger partial charge in [0.25, 0.3) is 5.91 Å². The van der Waals surface area contributed by atoms with Gasteiger partial charge in [-0.1, -0.05) is 41.9 Å². The maximum absolute atomic E-state index is 13.1. The molecule has 32 heavy (non-hydrogen) atoms. The van der Waals surface area contributed by atoms with E-state index < -0.39 is 0 Å². The number of hydrogen-bond donors (Lipinski definition) is 0. The molecular formula is C25H21ClN2O4. The first kappa shape index (κ1) is 21.6. The monoisotopic (exact) mass is 448 g/mol. The largest absolute Gasteiger partial charge is 0.497 e. The molecule has 4 rings (SSSR count). The van der Waals surface area contributed by atoms with Crippen molar-refractivity contribution in [1.82, 2.24) is 5.01 Å². The molecule has 0 N–H and O–H groups in total. The van der Waals surface area contributed by atoms with Gasteiger partial charge in [-0.2, -0.15) is 5.10 Å². The van der Waals surface area contributed by atoms with Crippen molar-refractivity contribution in [1.29, 1.82) is 0 Å². The van der Waals surface area contributed by atoms with Gasteiger partial charge in [0, 0.05) is 22.6 Å². The van der Waals surface area contributed by atoms with Crippen LogP contribution in [0.3, 0.4) is 0 Å². The third-order valence-corrected chi connectivity index (χ3v) is 5.56. The summed E-state index contributed by atoms with van der Waals surface area (Å²) >= 11 is 6.38. The smallest absolute Gasteiger partial charge is 0.281 e. The van der Waals surface area contributed by atoms with Crippen molar-refractivity contribution in [2.75, 3.05) is 13.7 Å². The zero-order valence-corrected chi connectivity index (χ0v) is 18.2. The van der Waals surface area contributed by atoms with E-state index in [1.807, 2.05) is 42.5 Å². The number of ether oxygens (including phenoxy) is 2. The van der Waals surface area contributed by atoms with Crippen molar-refractivity contribution in [3.8, 4) is 11.5 Å². The molecule has 1 atom stereocenters. The molecule has 6 nitrogen and oxygen atoms in total. The van der Waals surface area contributed by atoms with Crippen LogP contribution in [-0.2, 0) is 4.79 Å². The molecule has 7 heteroatoms. The second-order valence-electron chi connectivity index (χ2n) is 7.23. The quantitative estimate of drug-likeness (QED) is 0.481. The number of nitrogens with zero attached hydrogens (tertiary/aromatic N) is 2. The van der Waals surface area contributed by atoms with Gasteiger partial charge >= 0.3 is 0 Å². The highest BCUT2D eigenvalue weighted by Crippen LogP contribution is 2.35. The molecule has 0 radical (unpaired) electrons. The molecule has 0 bridgehead atoms. The molecule has 3 aromatic carbocycles. The number of hydrogen-bond acceptors (Lipinski definition) is 5. The van der Waals surface area contributed by atoms with E-state index in [1.165, 1.54) is 5.01 Å². The Kier molecular flexibility index (Phi) is 6.52. The number of halogens is 1. The predicted molar refractivity (Wildman–Crippen MR) is 123 cm³/mol. The summed E-state index contributed by atoms with van der Waals surface area (Å²) in [5.41, 5.74) is 3.01. The molecule has 1 amide bonds. The van der Waals surface area contributed by atoms with E-state index in [9.17, 15) is 9.59 Å². The van der Waals surface area contributed by atoms with Crippen LogP contribution in [0.25, 0.3) is 0 Å². The zero-order valence-electron chi connectivity index (χ0n) is 17.4. The zero-order chi connectivity index (χ0) is 22.5. The highest BCUT2D eigenvalue weighted by molar-refractivity contribution is 6.34. The van der Waals surface area contributed by atoms with Crippen molar-refractivity contribution in [2.24, 2.45) is 5.10 Å². The van der Waals surface area contributed by atoms with Gasteiger partial charge in [0.15, 0.2) is 6.61 Å². The van der Waals surface area contributed by atoms with Gasteiger partial charge in [-0.25, -0.2) is 5.01 Å². The molecule has 1 unspecified atom stereocenters. The van der Waals surface area contributed by atoms with Crippen LogP contribution in [0, 0.1) is 0 Å². The minimum atomic E-state index is -0.291. The summed E-state index contributed by atoms with van der Waals surface area (Å²) in [6, 6.07) is 21.3. The van der Waals surface area contributed by atoms with Crippen LogP contribution in [0.4, 0.5) is 0 Å². The van der Waals surface area contributed by atoms with Crippen LogP contribution in [-0.4, -0.2) is 36.6 Å². The maximum atomic E-state index is 13.1. The molecule has 1 heterocycles. The molecule has 1 aliphatic heterocycles. The fourth-order valence-corrected chi connectivity index (χ4v) is 3.78. The van der Waals surface area contributed by atoms with Gasteiger partial charge in [-0.3, -0.25) is 9.59 Å². The van der Waals surface area contributed by atoms with E-state index in [-0.39, 0.29) is 18.6 Å². The number of amides is 1. The minimum absolute atomic E-state index is 0.188. The summed E-state index contributed by atoms with van der Waals surface area (Å²) in [5, 5.41) is 6.66. The summed E-state index contributed by atoms with van der Waals surface area (Å²) < 4.78 is 10.9. The maximum Gasteiger partial charge on any atom is 0.281 e. The van der Waals surface area contributed by atoms with E-state index in [1.54, 1.807) is 37.4 Å². The summed E-state index contributed by atoms with van der Waals surface area (Å²) in [7, 11) is 1.61. The Bertz CT molecular complexity index is 1140. The Morgan fingerprint density at radius 1 is 1.06 bits per heavy atom. The topological polar surface area (TPSA) is 68.2 Å². The van der Waals surface area contributed by atoms with Crippen molar-refractivity contribution < 1.29 is 19.1 Å². The molecule has 0 aliphatic carbocycles. The SMILES string of the molecule is COc1ccc(C2CC(c3ccccc3Cl)=NN2C(=O)COc2ccc(C=O)cc2)cc1. The molecule has 0 saturated carbocycles. The predicted octanol–water partition coefficient (Wildman–Crippen LogP) is 4.92. The van der Waals surface area contributed by atoms with Gasteiger partial charge in [0.1, 0.15) is 17.8 Å². The van der Waals surface area contributed by atoms with Gasteiger partial charge in [0.2, 0.25) is 0 Å². The Balaban J connectivity index is 1.58. The van der Waals surface area contributed by atoms with Crippen molar-refractivity contribution in [3.63, 3.8) is 0 Å². The van der Waals surface area contributed by atoms with Crippen LogP contribution in [0.2, 0.25) is 5.02 Å². The summed E-state index contributed by atoms with van der Waals surface area (Å²) in [4.78, 5) is 23.9. The number of hydrazone groups is 1. The number of carbonyl (C=O) groups is 2. The Morgan fingerprint density at radius 3 is 2.41 bits per heavy atom. The van der Waals surface area contributed by atoms with Crippen molar-refractivity contribution >= 4 is 29.5 Å². The number of benzene rings is 3. The number of aldehydes is 1. The van der Waals surface area contributed by atoms with Gasteiger partial charge in [0.05, 0.1) is 18.9 Å². The van der Waals surface area contributed by atoms with Crippen LogP contribution >= 0.6 is 11.6 Å². The Labute approximate surface area is 191 Å². The average Bonchev–Trinajstić information content (AvgIpc) is 3.28. The lowest BCUT2D eigenvalue weighted by atomic mass is 9.98. The molecule has 3 aromatic rings. The Hall–Kier alpha value is -3.64. The number of methoxy groups -OCH3 is 1. The third kappa shape index (κ3) is 4.65. The first-order valence-corrected chi connectivity index (χ1v) is 10.4. The molecule has 1 aliphatic rings. The molecular weight excluding hydrogens is 428 g/mol. The molecule has 0 aromatic heterocycles. The van der Waals surface area contributed by atoms with Crippen molar-refractivity contribution in [2.45, 2.75) is 12.5 Å². The van der Waals surface area contributed by atoms with E-state index in [2.05, 4.69) is 5.10 Å². The highest BCUT2D eigenvalue weighted by atomic mass is 35.5. The fraction of sp³-hybridized carbons (Fsp3) is 0.160. The number of rotatable bonds is 7. The van der Waals surface area contributed by atoms with Gasteiger partial charge in [-0.15, -0.1) is 0 Å². The van der Waals surface area contributed by atoms with Crippen LogP contribution in [0.1, 0.15) is 33.9 Å². The van der Waals surface area contributed by atoms with Crippen LogP contribution in [0.5, 0.6) is 11.5 Å². The second kappa shape index (κ2) is 9.66. The van der Waals surface area contributed by atoms with E-state index in [0.717, 1.165) is 28.9 Å². The standard InChI is InChI=1S/C25H21ClN2O4/c1-31-19-12-8-18(9-13-19)24-14-23(21-4-2-3-5-22(21)26)27-28(24)25(30)16-32-20-10-6-17(15-29)7-11-20/h2-13,15,24H,14,16H2,1H3. The van der Waals surface area contributed by atoms with E-state index >= 15 is 0 Å². The van der Waals surface area contributed by atoms with Crippen molar-refractivity contribution in [3.05, 3.63) is 94.5 Å². The average molecular weight is 449 g/mol. The summed E-state index contributed by atoms with van der Waals surface area (Å²) in [6.07, 6.45) is 1.28. The molecule has 0 saturated heterocycles. The fourth-order valence-electron chi connectivity index (χ4n) is 3.54. The Morgan fingerprint density at radius 2 is 1.75 bits per heavy atom. The lowest BCUT2D eigenvalue weighted by molar-refractivity contribution is -0.135. The van der Waals surface area contributed by atoms with E-state index in [0.29, 0.717) is 22.8 Å². The summed E-state index contributed by atoms with van der Waals surface area (Å²) in [6.45, 7) is -0.188. The lowest BCUT2D eigenvalue weighted by Gasteiger charge is -2.22. The normalized spacial score (nSPS) is 15.2. The molecule has 0 spiro atoms. The second-order valence-corrected chi connectivity index (χ2v) is 7.64. The minimum Gasteiger partial charge on any atom is -0.497 e. The first-order valence-electron chi connectivity index (χ1n) is 10.1. The summed E-state index contributed by atoms with van der Waals surface area (Å²) in [5.74, 6) is 0.950.